The van der Waals surface area contributed by atoms with Gasteiger partial charge in [-0.05, 0) is 55.4 Å². The van der Waals surface area contributed by atoms with E-state index in [1.165, 1.54) is 16.5 Å². The highest BCUT2D eigenvalue weighted by Gasteiger charge is 2.18. The van der Waals surface area contributed by atoms with E-state index in [2.05, 4.69) is 67.5 Å². The normalized spacial score (nSPS) is 13.7. The van der Waals surface area contributed by atoms with Crippen LogP contribution in [-0.4, -0.2) is 16.9 Å². The van der Waals surface area contributed by atoms with Gasteiger partial charge in [-0.3, -0.25) is 4.79 Å². The number of H-pyrrole nitrogens is 1. The highest BCUT2D eigenvalue weighted by Crippen LogP contribution is 2.20. The van der Waals surface area contributed by atoms with Gasteiger partial charge >= 0.3 is 0 Å². The summed E-state index contributed by atoms with van der Waals surface area (Å²) in [6, 6.07) is 16.8. The smallest absolute Gasteiger partial charge is 0.227 e. The number of hydrogen-bond donors (Lipinski definition) is 2. The lowest BCUT2D eigenvalue weighted by atomic mass is 9.96. The Kier molecular flexibility index (Phi) is 6.00. The molecular formula is C24H30N2O. The number of fused-ring (bicyclic) bond motifs is 1. The molecule has 0 spiro atoms. The molecule has 0 aliphatic rings. The third-order valence-electron chi connectivity index (χ3n) is 5.11. The van der Waals surface area contributed by atoms with Gasteiger partial charge in [-0.25, -0.2) is 0 Å². The summed E-state index contributed by atoms with van der Waals surface area (Å²) in [5.74, 6) is 0.574. The van der Waals surface area contributed by atoms with Gasteiger partial charge in [-0.2, -0.15) is 0 Å². The molecule has 142 valence electrons. The van der Waals surface area contributed by atoms with Crippen LogP contribution in [0.4, 0.5) is 0 Å². The minimum absolute atomic E-state index is 0.0824. The average Bonchev–Trinajstić information content (AvgIpc) is 3.04. The molecule has 1 heterocycles. The van der Waals surface area contributed by atoms with Gasteiger partial charge in [0, 0.05) is 23.1 Å². The number of amides is 1. The minimum atomic E-state index is -0.150. The number of carbonyl (C=O) groups excluding carboxylic acids is 1. The molecule has 2 atom stereocenters. The molecule has 0 radical (unpaired) electrons. The Morgan fingerprint density at radius 1 is 0.963 bits per heavy atom. The van der Waals surface area contributed by atoms with Crippen LogP contribution in [0.25, 0.3) is 10.9 Å². The van der Waals surface area contributed by atoms with Crippen LogP contribution in [0.3, 0.4) is 0 Å². The zero-order valence-corrected chi connectivity index (χ0v) is 16.8. The molecule has 0 fully saturated rings. The van der Waals surface area contributed by atoms with Crippen LogP contribution in [-0.2, 0) is 17.6 Å². The van der Waals surface area contributed by atoms with E-state index in [1.54, 1.807) is 0 Å². The van der Waals surface area contributed by atoms with E-state index in [-0.39, 0.29) is 17.9 Å². The Balaban J connectivity index is 1.60. The average molecular weight is 363 g/mol. The standard InChI is InChI=1S/C24H30N2O/c1-16(2)13-19-9-11-20(12-10-19)18(4)24(27)26-17(3)14-21-15-25-23-8-6-5-7-22(21)23/h5-12,15-18,25H,13-14H2,1-4H3,(H,26,27)/t17-,18+/m1/s1. The number of rotatable bonds is 7. The quantitative estimate of drug-likeness (QED) is 0.595. The van der Waals surface area contributed by atoms with Crippen molar-refractivity contribution in [1.29, 1.82) is 0 Å². The lowest BCUT2D eigenvalue weighted by molar-refractivity contribution is -0.122. The van der Waals surface area contributed by atoms with Crippen molar-refractivity contribution in [2.24, 2.45) is 5.92 Å². The third kappa shape index (κ3) is 4.79. The monoisotopic (exact) mass is 362 g/mol. The summed E-state index contributed by atoms with van der Waals surface area (Å²) in [6.07, 6.45) is 3.93. The maximum absolute atomic E-state index is 12.7. The molecule has 3 aromatic rings. The second kappa shape index (κ2) is 8.43. The van der Waals surface area contributed by atoms with E-state index in [1.807, 2.05) is 25.3 Å². The highest BCUT2D eigenvalue weighted by molar-refractivity contribution is 5.84. The summed E-state index contributed by atoms with van der Waals surface area (Å²) in [4.78, 5) is 16.0. The van der Waals surface area contributed by atoms with Crippen molar-refractivity contribution in [2.75, 3.05) is 0 Å². The van der Waals surface area contributed by atoms with E-state index in [0.29, 0.717) is 5.92 Å². The van der Waals surface area contributed by atoms with Crippen molar-refractivity contribution in [3.05, 3.63) is 71.4 Å². The predicted octanol–water partition coefficient (Wildman–Crippen LogP) is 5.22. The SMILES string of the molecule is CC(C)Cc1ccc([C@H](C)C(=O)N[C@H](C)Cc2c[nH]c3ccccc23)cc1. The van der Waals surface area contributed by atoms with Crippen LogP contribution < -0.4 is 5.32 Å². The fourth-order valence-electron chi connectivity index (χ4n) is 3.61. The zero-order valence-electron chi connectivity index (χ0n) is 16.8. The number of nitrogens with one attached hydrogen (secondary N) is 2. The van der Waals surface area contributed by atoms with Crippen molar-refractivity contribution in [1.82, 2.24) is 10.3 Å². The molecular weight excluding hydrogens is 332 g/mol. The van der Waals surface area contributed by atoms with Gasteiger partial charge in [0.25, 0.3) is 0 Å². The van der Waals surface area contributed by atoms with E-state index in [4.69, 9.17) is 0 Å². The molecule has 2 N–H and O–H groups in total. The van der Waals surface area contributed by atoms with Gasteiger partial charge in [0.05, 0.1) is 5.92 Å². The van der Waals surface area contributed by atoms with Crippen LogP contribution in [0.1, 0.15) is 50.3 Å². The van der Waals surface area contributed by atoms with Gasteiger partial charge in [-0.1, -0.05) is 56.3 Å². The maximum Gasteiger partial charge on any atom is 0.227 e. The number of carbonyl (C=O) groups is 1. The van der Waals surface area contributed by atoms with E-state index in [0.717, 1.165) is 23.9 Å². The molecule has 3 heteroatoms. The second-order valence-corrected chi connectivity index (χ2v) is 8.03. The summed E-state index contributed by atoms with van der Waals surface area (Å²) < 4.78 is 0. The molecule has 1 aromatic heterocycles. The first kappa shape index (κ1) is 19.2. The Bertz CT molecular complexity index is 892. The van der Waals surface area contributed by atoms with Crippen LogP contribution >= 0.6 is 0 Å². The molecule has 0 bridgehead atoms. The van der Waals surface area contributed by atoms with Crippen molar-refractivity contribution in [3.8, 4) is 0 Å². The Morgan fingerprint density at radius 3 is 2.37 bits per heavy atom. The van der Waals surface area contributed by atoms with E-state index >= 15 is 0 Å². The first-order valence-electron chi connectivity index (χ1n) is 9.88. The summed E-state index contributed by atoms with van der Waals surface area (Å²) in [5, 5.41) is 4.40. The molecule has 27 heavy (non-hydrogen) atoms. The summed E-state index contributed by atoms with van der Waals surface area (Å²) in [5.41, 5.74) is 4.78. The van der Waals surface area contributed by atoms with Crippen LogP contribution in [0.5, 0.6) is 0 Å². The first-order valence-corrected chi connectivity index (χ1v) is 9.88. The number of aromatic nitrogens is 1. The first-order chi connectivity index (χ1) is 12.9. The lowest BCUT2D eigenvalue weighted by Crippen LogP contribution is -2.36. The zero-order chi connectivity index (χ0) is 19.4. The van der Waals surface area contributed by atoms with Gasteiger partial charge in [0.1, 0.15) is 0 Å². The molecule has 1 amide bonds. The summed E-state index contributed by atoms with van der Waals surface area (Å²) in [6.45, 7) is 8.49. The van der Waals surface area contributed by atoms with E-state index < -0.39 is 0 Å². The molecule has 0 aliphatic carbocycles. The Labute approximate surface area is 162 Å². The topological polar surface area (TPSA) is 44.9 Å². The van der Waals surface area contributed by atoms with Crippen molar-refractivity contribution < 1.29 is 4.79 Å². The summed E-state index contributed by atoms with van der Waals surface area (Å²) >= 11 is 0. The molecule has 0 saturated heterocycles. The predicted molar refractivity (Wildman–Crippen MR) is 113 cm³/mol. The third-order valence-corrected chi connectivity index (χ3v) is 5.11. The summed E-state index contributed by atoms with van der Waals surface area (Å²) in [7, 11) is 0. The van der Waals surface area contributed by atoms with E-state index in [9.17, 15) is 4.79 Å². The fraction of sp³-hybridized carbons (Fsp3) is 0.375. The van der Waals surface area contributed by atoms with Gasteiger partial charge in [0.2, 0.25) is 5.91 Å². The molecule has 3 nitrogen and oxygen atoms in total. The maximum atomic E-state index is 12.7. The highest BCUT2D eigenvalue weighted by atomic mass is 16.1. The Morgan fingerprint density at radius 2 is 1.67 bits per heavy atom. The van der Waals surface area contributed by atoms with Gasteiger partial charge < -0.3 is 10.3 Å². The number of para-hydroxylation sites is 1. The molecule has 0 unspecified atom stereocenters. The largest absolute Gasteiger partial charge is 0.361 e. The van der Waals surface area contributed by atoms with Crippen molar-refractivity contribution >= 4 is 16.8 Å². The molecule has 2 aromatic carbocycles. The Hall–Kier alpha value is -2.55. The number of aromatic amines is 1. The van der Waals surface area contributed by atoms with Crippen LogP contribution in [0, 0.1) is 5.92 Å². The second-order valence-electron chi connectivity index (χ2n) is 8.03. The molecule has 0 saturated carbocycles. The molecule has 0 aliphatic heterocycles. The number of hydrogen-bond acceptors (Lipinski definition) is 1. The van der Waals surface area contributed by atoms with Crippen LogP contribution in [0.2, 0.25) is 0 Å². The minimum Gasteiger partial charge on any atom is -0.361 e. The number of benzene rings is 2. The van der Waals surface area contributed by atoms with Crippen molar-refractivity contribution in [3.63, 3.8) is 0 Å². The lowest BCUT2D eigenvalue weighted by Gasteiger charge is -2.18. The fourth-order valence-corrected chi connectivity index (χ4v) is 3.61. The van der Waals surface area contributed by atoms with Crippen molar-refractivity contribution in [2.45, 2.75) is 52.5 Å². The molecule has 3 rings (SSSR count). The van der Waals surface area contributed by atoms with Gasteiger partial charge in [-0.15, -0.1) is 0 Å². The van der Waals surface area contributed by atoms with Gasteiger partial charge in [0.15, 0.2) is 0 Å². The van der Waals surface area contributed by atoms with Crippen LogP contribution in [0.15, 0.2) is 54.7 Å².